The van der Waals surface area contributed by atoms with Crippen LogP contribution in [-0.4, -0.2) is 12.2 Å². The molecule has 2 aromatic carbocycles. The molecule has 0 radical (unpaired) electrons. The summed E-state index contributed by atoms with van der Waals surface area (Å²) >= 11 is 1.38. The zero-order valence-electron chi connectivity index (χ0n) is 11.5. The van der Waals surface area contributed by atoms with Crippen LogP contribution in [0.2, 0.25) is 0 Å². The Morgan fingerprint density at radius 3 is 2.35 bits per heavy atom. The molecule has 0 N–H and O–H groups in total. The molecule has 0 aliphatic carbocycles. The number of benzene rings is 2. The monoisotopic (exact) mass is 286 g/mol. The average molecular weight is 286 g/mol. The highest BCUT2D eigenvalue weighted by molar-refractivity contribution is 8.12. The molecule has 2 nitrogen and oxygen atoms in total. The van der Waals surface area contributed by atoms with Crippen LogP contribution in [0.5, 0.6) is 5.75 Å². The molecule has 0 atom stereocenters. The lowest BCUT2D eigenvalue weighted by Crippen LogP contribution is -1.96. The highest BCUT2D eigenvalue weighted by Crippen LogP contribution is 2.18. The van der Waals surface area contributed by atoms with E-state index in [1.807, 2.05) is 42.5 Å². The molecular weight excluding hydrogens is 268 g/mol. The number of methoxy groups -OCH3 is 1. The van der Waals surface area contributed by atoms with Crippen molar-refractivity contribution in [1.29, 1.82) is 0 Å². The van der Waals surface area contributed by atoms with E-state index in [9.17, 15) is 4.79 Å². The SMILES string of the molecule is COc1ccc(CSC(=O)CCc2ccccc2)cc1. The molecule has 3 heteroatoms. The molecule has 0 saturated heterocycles. The quantitative estimate of drug-likeness (QED) is 0.800. The van der Waals surface area contributed by atoms with Gasteiger partial charge in [0.2, 0.25) is 0 Å². The molecule has 0 spiro atoms. The van der Waals surface area contributed by atoms with Gasteiger partial charge in [-0.3, -0.25) is 4.79 Å². The first-order valence-electron chi connectivity index (χ1n) is 6.60. The Morgan fingerprint density at radius 1 is 1.00 bits per heavy atom. The lowest BCUT2D eigenvalue weighted by molar-refractivity contribution is -0.110. The minimum atomic E-state index is 0.240. The van der Waals surface area contributed by atoms with Crippen molar-refractivity contribution in [3.63, 3.8) is 0 Å². The van der Waals surface area contributed by atoms with E-state index in [0.29, 0.717) is 6.42 Å². The van der Waals surface area contributed by atoms with E-state index in [2.05, 4.69) is 12.1 Å². The minimum absolute atomic E-state index is 0.240. The molecule has 0 aromatic heterocycles. The molecule has 20 heavy (non-hydrogen) atoms. The van der Waals surface area contributed by atoms with Crippen molar-refractivity contribution in [1.82, 2.24) is 0 Å². The maximum absolute atomic E-state index is 11.9. The van der Waals surface area contributed by atoms with E-state index < -0.39 is 0 Å². The Balaban J connectivity index is 1.74. The summed E-state index contributed by atoms with van der Waals surface area (Å²) in [6.45, 7) is 0. The van der Waals surface area contributed by atoms with Crippen molar-refractivity contribution < 1.29 is 9.53 Å². The van der Waals surface area contributed by atoms with Gasteiger partial charge >= 0.3 is 0 Å². The smallest absolute Gasteiger partial charge is 0.189 e. The fourth-order valence-corrected chi connectivity index (χ4v) is 2.62. The van der Waals surface area contributed by atoms with Crippen molar-refractivity contribution in [2.24, 2.45) is 0 Å². The second-order valence-corrected chi connectivity index (χ2v) is 5.53. The molecule has 104 valence electrons. The third kappa shape index (κ3) is 4.74. The molecule has 0 bridgehead atoms. The van der Waals surface area contributed by atoms with Gasteiger partial charge < -0.3 is 4.74 Å². The first-order valence-corrected chi connectivity index (χ1v) is 7.59. The molecule has 0 aliphatic rings. The zero-order valence-corrected chi connectivity index (χ0v) is 12.4. The number of hydrogen-bond donors (Lipinski definition) is 0. The topological polar surface area (TPSA) is 26.3 Å². The van der Waals surface area contributed by atoms with Crippen LogP contribution in [0.4, 0.5) is 0 Å². The Hall–Kier alpha value is -1.74. The van der Waals surface area contributed by atoms with Crippen LogP contribution in [0.25, 0.3) is 0 Å². The van der Waals surface area contributed by atoms with Crippen molar-refractivity contribution in [3.8, 4) is 5.75 Å². The highest BCUT2D eigenvalue weighted by Gasteiger charge is 2.04. The lowest BCUT2D eigenvalue weighted by atomic mass is 10.1. The molecule has 0 unspecified atom stereocenters. The van der Waals surface area contributed by atoms with Gasteiger partial charge in [0.1, 0.15) is 5.75 Å². The van der Waals surface area contributed by atoms with Crippen LogP contribution in [0.1, 0.15) is 17.5 Å². The number of ether oxygens (including phenoxy) is 1. The first kappa shape index (κ1) is 14.7. The fourth-order valence-electron chi connectivity index (χ4n) is 1.85. The van der Waals surface area contributed by atoms with Crippen LogP contribution in [0, 0.1) is 0 Å². The molecule has 0 heterocycles. The largest absolute Gasteiger partial charge is 0.497 e. The van der Waals surface area contributed by atoms with Crippen molar-refractivity contribution >= 4 is 16.9 Å². The Morgan fingerprint density at radius 2 is 1.70 bits per heavy atom. The summed E-state index contributed by atoms with van der Waals surface area (Å²) in [4.78, 5) is 11.9. The van der Waals surface area contributed by atoms with E-state index in [-0.39, 0.29) is 5.12 Å². The van der Waals surface area contributed by atoms with Crippen molar-refractivity contribution in [3.05, 3.63) is 65.7 Å². The van der Waals surface area contributed by atoms with E-state index in [1.54, 1.807) is 7.11 Å². The summed E-state index contributed by atoms with van der Waals surface area (Å²) in [5.74, 6) is 1.56. The third-order valence-corrected chi connectivity index (χ3v) is 4.02. The number of aryl methyl sites for hydroxylation is 1. The average Bonchev–Trinajstić information content (AvgIpc) is 2.52. The minimum Gasteiger partial charge on any atom is -0.497 e. The van der Waals surface area contributed by atoms with Gasteiger partial charge in [0.15, 0.2) is 5.12 Å². The maximum atomic E-state index is 11.9. The van der Waals surface area contributed by atoms with Gasteiger partial charge in [-0.15, -0.1) is 0 Å². The molecule has 0 amide bonds. The molecular formula is C17H18O2S. The predicted octanol–water partition coefficient (Wildman–Crippen LogP) is 4.09. The van der Waals surface area contributed by atoms with Crippen LogP contribution in [0.15, 0.2) is 54.6 Å². The predicted molar refractivity (Wildman–Crippen MR) is 84.1 cm³/mol. The lowest BCUT2D eigenvalue weighted by Gasteiger charge is -2.03. The Kier molecular flexibility index (Phi) is 5.69. The van der Waals surface area contributed by atoms with Crippen molar-refractivity contribution in [2.75, 3.05) is 7.11 Å². The van der Waals surface area contributed by atoms with Gasteiger partial charge in [-0.05, 0) is 29.7 Å². The summed E-state index contributed by atoms with van der Waals surface area (Å²) in [6, 6.07) is 17.9. The number of thioether (sulfide) groups is 1. The number of hydrogen-bond acceptors (Lipinski definition) is 3. The van der Waals surface area contributed by atoms with E-state index in [0.717, 1.165) is 23.5 Å². The number of carbonyl (C=O) groups excluding carboxylic acids is 1. The molecule has 0 saturated carbocycles. The summed E-state index contributed by atoms with van der Waals surface area (Å²) < 4.78 is 5.11. The normalized spacial score (nSPS) is 10.2. The number of carbonyl (C=O) groups is 1. The fraction of sp³-hybridized carbons (Fsp3) is 0.235. The molecule has 0 aliphatic heterocycles. The maximum Gasteiger partial charge on any atom is 0.189 e. The van der Waals surface area contributed by atoms with Crippen LogP contribution < -0.4 is 4.74 Å². The molecule has 2 aromatic rings. The molecule has 0 fully saturated rings. The van der Waals surface area contributed by atoms with Gasteiger partial charge in [-0.25, -0.2) is 0 Å². The summed E-state index contributed by atoms with van der Waals surface area (Å²) in [5.41, 5.74) is 2.36. The van der Waals surface area contributed by atoms with Crippen LogP contribution in [0.3, 0.4) is 0 Å². The standard InChI is InChI=1S/C17H18O2S/c1-19-16-10-7-15(8-11-16)13-20-17(18)12-9-14-5-3-2-4-6-14/h2-8,10-11H,9,12-13H2,1H3. The first-order chi connectivity index (χ1) is 9.78. The highest BCUT2D eigenvalue weighted by atomic mass is 32.2. The van der Waals surface area contributed by atoms with Gasteiger partial charge in [0.05, 0.1) is 7.11 Å². The van der Waals surface area contributed by atoms with Crippen LogP contribution >= 0.6 is 11.8 Å². The summed E-state index contributed by atoms with van der Waals surface area (Å²) in [7, 11) is 1.65. The zero-order chi connectivity index (χ0) is 14.2. The second-order valence-electron chi connectivity index (χ2n) is 4.49. The Bertz CT molecular complexity index is 535. The van der Waals surface area contributed by atoms with Crippen molar-refractivity contribution in [2.45, 2.75) is 18.6 Å². The van der Waals surface area contributed by atoms with Gasteiger partial charge in [-0.1, -0.05) is 54.2 Å². The van der Waals surface area contributed by atoms with Gasteiger partial charge in [-0.2, -0.15) is 0 Å². The van der Waals surface area contributed by atoms with Gasteiger partial charge in [0, 0.05) is 12.2 Å². The van der Waals surface area contributed by atoms with E-state index in [1.165, 1.54) is 17.3 Å². The Labute approximate surface area is 124 Å². The summed E-state index contributed by atoms with van der Waals surface area (Å²) in [6.07, 6.45) is 1.40. The van der Waals surface area contributed by atoms with Crippen LogP contribution in [-0.2, 0) is 17.0 Å². The number of rotatable bonds is 6. The summed E-state index contributed by atoms with van der Waals surface area (Å²) in [5, 5.41) is 0.240. The second kappa shape index (κ2) is 7.75. The molecule has 2 rings (SSSR count). The third-order valence-electron chi connectivity index (χ3n) is 3.02. The van der Waals surface area contributed by atoms with Gasteiger partial charge in [0.25, 0.3) is 0 Å². The van der Waals surface area contributed by atoms with E-state index >= 15 is 0 Å². The van der Waals surface area contributed by atoms with E-state index in [4.69, 9.17) is 4.74 Å².